The SMILES string of the molecule is CSc1ccccc1[B-](F)(F)F. The lowest BCUT2D eigenvalue weighted by atomic mass is 9.80. The summed E-state index contributed by atoms with van der Waals surface area (Å²) in [6, 6.07) is 5.61. The smallest absolute Gasteiger partial charge is 0.445 e. The number of rotatable bonds is 2. The van der Waals surface area contributed by atoms with Crippen LogP contribution in [0.1, 0.15) is 0 Å². The van der Waals surface area contributed by atoms with Gasteiger partial charge in [-0.3, -0.25) is 0 Å². The molecule has 0 atom stereocenters. The summed E-state index contributed by atoms with van der Waals surface area (Å²) in [7, 11) is 0. The lowest BCUT2D eigenvalue weighted by molar-refractivity contribution is 0.499. The minimum Gasteiger partial charge on any atom is -0.445 e. The quantitative estimate of drug-likeness (QED) is 0.511. The van der Waals surface area contributed by atoms with Gasteiger partial charge in [0.2, 0.25) is 0 Å². The summed E-state index contributed by atoms with van der Waals surface area (Å²) in [6.45, 7) is -4.86. The van der Waals surface area contributed by atoms with Crippen molar-refractivity contribution >= 4 is 24.2 Å². The molecule has 0 fully saturated rings. The molecule has 0 spiro atoms. The van der Waals surface area contributed by atoms with Crippen molar-refractivity contribution in [3.63, 3.8) is 0 Å². The van der Waals surface area contributed by atoms with E-state index in [9.17, 15) is 12.9 Å². The van der Waals surface area contributed by atoms with E-state index in [1.54, 1.807) is 12.3 Å². The van der Waals surface area contributed by atoms with Gasteiger partial charge in [0.05, 0.1) is 0 Å². The Labute approximate surface area is 73.2 Å². The molecule has 5 heteroatoms. The topological polar surface area (TPSA) is 0 Å². The average Bonchev–Trinajstić information content (AvgIpc) is 2.03. The molecule has 0 unspecified atom stereocenters. The van der Waals surface area contributed by atoms with Crippen molar-refractivity contribution in [2.75, 3.05) is 6.26 Å². The molecular weight excluding hydrogens is 184 g/mol. The summed E-state index contributed by atoms with van der Waals surface area (Å²) in [5.74, 6) is 0. The molecule has 0 N–H and O–H groups in total. The molecule has 66 valence electrons. The lowest BCUT2D eigenvalue weighted by Gasteiger charge is -2.17. The highest BCUT2D eigenvalue weighted by Gasteiger charge is 2.27. The van der Waals surface area contributed by atoms with Crippen LogP contribution in [-0.4, -0.2) is 13.2 Å². The van der Waals surface area contributed by atoms with Gasteiger partial charge in [-0.05, 0) is 11.2 Å². The van der Waals surface area contributed by atoms with Gasteiger partial charge in [0.15, 0.2) is 0 Å². The second-order valence-electron chi connectivity index (χ2n) is 2.32. The van der Waals surface area contributed by atoms with Crippen molar-refractivity contribution < 1.29 is 12.9 Å². The molecule has 0 aliphatic rings. The Morgan fingerprint density at radius 2 is 1.75 bits per heavy atom. The van der Waals surface area contributed by atoms with E-state index in [1.165, 1.54) is 12.1 Å². The monoisotopic (exact) mass is 191 g/mol. The molecule has 1 rings (SSSR count). The van der Waals surface area contributed by atoms with Crippen LogP contribution in [0.2, 0.25) is 0 Å². The lowest BCUT2D eigenvalue weighted by Crippen LogP contribution is -2.35. The summed E-state index contributed by atoms with van der Waals surface area (Å²) in [5, 5.41) is 0. The molecule has 0 bridgehead atoms. The highest BCUT2D eigenvalue weighted by Crippen LogP contribution is 2.18. The number of thioether (sulfide) groups is 1. The van der Waals surface area contributed by atoms with Crippen LogP contribution >= 0.6 is 11.8 Å². The Morgan fingerprint density at radius 1 is 1.17 bits per heavy atom. The van der Waals surface area contributed by atoms with Crippen molar-refractivity contribution in [3.8, 4) is 0 Å². The number of halogens is 3. The zero-order valence-electron chi connectivity index (χ0n) is 6.43. The number of hydrogen-bond acceptors (Lipinski definition) is 1. The maximum absolute atomic E-state index is 12.3. The Kier molecular flexibility index (Phi) is 2.72. The summed E-state index contributed by atoms with van der Waals surface area (Å²) in [4.78, 5) is 0.296. The van der Waals surface area contributed by atoms with Gasteiger partial charge < -0.3 is 12.9 Å². The fraction of sp³-hybridized carbons (Fsp3) is 0.143. The number of hydrogen-bond donors (Lipinski definition) is 0. The van der Waals surface area contributed by atoms with E-state index in [0.29, 0.717) is 4.90 Å². The van der Waals surface area contributed by atoms with E-state index in [-0.39, 0.29) is 0 Å². The Morgan fingerprint density at radius 3 is 2.17 bits per heavy atom. The first kappa shape index (κ1) is 9.51. The van der Waals surface area contributed by atoms with Crippen LogP contribution in [0.25, 0.3) is 0 Å². The highest BCUT2D eigenvalue weighted by molar-refractivity contribution is 7.98. The Bertz CT molecular complexity index is 272. The minimum absolute atomic E-state index is 0.296. The van der Waals surface area contributed by atoms with Gasteiger partial charge in [-0.2, -0.15) is 0 Å². The van der Waals surface area contributed by atoms with Crippen LogP contribution in [-0.2, 0) is 0 Å². The van der Waals surface area contributed by atoms with Gasteiger partial charge in [0.25, 0.3) is 0 Å². The van der Waals surface area contributed by atoms with Gasteiger partial charge in [0, 0.05) is 0 Å². The summed E-state index contributed by atoms with van der Waals surface area (Å²) < 4.78 is 36.9. The summed E-state index contributed by atoms with van der Waals surface area (Å²) in [6.07, 6.45) is 1.64. The molecule has 1 aromatic rings. The molecule has 12 heavy (non-hydrogen) atoms. The van der Waals surface area contributed by atoms with Crippen molar-refractivity contribution in [2.45, 2.75) is 4.90 Å². The summed E-state index contributed by atoms with van der Waals surface area (Å²) >= 11 is 1.12. The van der Waals surface area contributed by atoms with Gasteiger partial charge in [0.1, 0.15) is 0 Å². The predicted molar refractivity (Wildman–Crippen MR) is 46.9 cm³/mol. The van der Waals surface area contributed by atoms with Crippen molar-refractivity contribution in [1.82, 2.24) is 0 Å². The minimum atomic E-state index is -4.86. The highest BCUT2D eigenvalue weighted by atomic mass is 32.2. The van der Waals surface area contributed by atoms with Crippen molar-refractivity contribution in [2.24, 2.45) is 0 Å². The van der Waals surface area contributed by atoms with E-state index in [4.69, 9.17) is 0 Å². The first-order valence-corrected chi connectivity index (χ1v) is 4.61. The zero-order chi connectivity index (χ0) is 9.19. The van der Waals surface area contributed by atoms with Gasteiger partial charge in [-0.15, -0.1) is 11.8 Å². The van der Waals surface area contributed by atoms with Crippen molar-refractivity contribution in [1.29, 1.82) is 0 Å². The van der Waals surface area contributed by atoms with E-state index >= 15 is 0 Å². The van der Waals surface area contributed by atoms with Crippen LogP contribution in [0, 0.1) is 0 Å². The van der Waals surface area contributed by atoms with E-state index in [1.807, 2.05) is 0 Å². The summed E-state index contributed by atoms with van der Waals surface area (Å²) in [5.41, 5.74) is -0.495. The molecule has 0 nitrogen and oxygen atoms in total. The molecule has 1 aromatic carbocycles. The average molecular weight is 191 g/mol. The molecule has 0 saturated heterocycles. The van der Waals surface area contributed by atoms with Crippen LogP contribution in [0.5, 0.6) is 0 Å². The molecule has 0 radical (unpaired) electrons. The van der Waals surface area contributed by atoms with Gasteiger partial charge >= 0.3 is 6.98 Å². The van der Waals surface area contributed by atoms with E-state index in [2.05, 4.69) is 0 Å². The second kappa shape index (κ2) is 3.43. The predicted octanol–water partition coefficient (Wildman–Crippen LogP) is 2.46. The Balaban J connectivity index is 3.14. The van der Waals surface area contributed by atoms with Gasteiger partial charge in [-0.1, -0.05) is 29.7 Å². The van der Waals surface area contributed by atoms with E-state index < -0.39 is 12.4 Å². The molecule has 0 aliphatic heterocycles. The van der Waals surface area contributed by atoms with Crippen molar-refractivity contribution in [3.05, 3.63) is 24.3 Å². The Hall–Kier alpha value is -0.575. The van der Waals surface area contributed by atoms with Crippen LogP contribution in [0.3, 0.4) is 0 Å². The zero-order valence-corrected chi connectivity index (χ0v) is 7.25. The maximum Gasteiger partial charge on any atom is 0.510 e. The third kappa shape index (κ3) is 1.97. The second-order valence-corrected chi connectivity index (χ2v) is 3.16. The fourth-order valence-electron chi connectivity index (χ4n) is 0.937. The van der Waals surface area contributed by atoms with Gasteiger partial charge in [-0.25, -0.2) is 0 Å². The third-order valence-electron chi connectivity index (χ3n) is 1.49. The molecule has 0 heterocycles. The first-order valence-electron chi connectivity index (χ1n) is 3.38. The maximum atomic E-state index is 12.3. The largest absolute Gasteiger partial charge is 0.510 e. The van der Waals surface area contributed by atoms with Crippen LogP contribution < -0.4 is 5.46 Å². The molecule has 0 saturated carbocycles. The normalized spacial score (nSPS) is 11.7. The van der Waals surface area contributed by atoms with Crippen LogP contribution in [0.4, 0.5) is 12.9 Å². The molecule has 0 aromatic heterocycles. The number of benzene rings is 1. The first-order chi connectivity index (χ1) is 5.55. The third-order valence-corrected chi connectivity index (χ3v) is 2.30. The molecular formula is C7H7BF3S-. The standard InChI is InChI=1S/C7H7BF3S/c1-12-7-5-3-2-4-6(7)8(9,10)11/h2-5H,1H3/q-1. The van der Waals surface area contributed by atoms with Crippen LogP contribution in [0.15, 0.2) is 29.2 Å². The molecule has 0 aliphatic carbocycles. The fourth-order valence-corrected chi connectivity index (χ4v) is 1.59. The van der Waals surface area contributed by atoms with E-state index in [0.717, 1.165) is 17.8 Å². The molecule has 0 amide bonds.